The molecule has 2 unspecified atom stereocenters. The molecule has 0 aromatic carbocycles. The number of imidazole rings is 1. The monoisotopic (exact) mass is 383 g/mol. The second-order valence-electron chi connectivity index (χ2n) is 8.21. The number of hydrogen-bond donors (Lipinski definition) is 1. The van der Waals surface area contributed by atoms with Crippen LogP contribution in [0.5, 0.6) is 0 Å². The highest BCUT2D eigenvalue weighted by molar-refractivity contribution is 5.82. The normalized spacial score (nSPS) is 31.9. The van der Waals surface area contributed by atoms with E-state index in [1.54, 1.807) is 12.7 Å². The fraction of sp³-hybridized carbons (Fsp3) is 0.650. The molecule has 0 radical (unpaired) electrons. The van der Waals surface area contributed by atoms with E-state index in [9.17, 15) is 0 Å². The maximum absolute atomic E-state index is 6.24. The molecule has 5 rings (SSSR count). The molecule has 2 aromatic heterocycles. The third-order valence-electron chi connectivity index (χ3n) is 5.77. The minimum atomic E-state index is -0.676. The van der Waals surface area contributed by atoms with Gasteiger partial charge in [0, 0.05) is 12.5 Å². The van der Waals surface area contributed by atoms with Crippen LogP contribution in [0, 0.1) is 12.3 Å². The Balaban J connectivity index is 1.48. The number of hydrogen-bond acceptors (Lipinski definition) is 7. The molecule has 28 heavy (non-hydrogen) atoms. The molecule has 8 nitrogen and oxygen atoms in total. The number of nitrogens with zero attached hydrogens (tertiary/aromatic N) is 4. The minimum Gasteiger partial charge on any atom is -0.365 e. The van der Waals surface area contributed by atoms with E-state index >= 15 is 0 Å². The van der Waals surface area contributed by atoms with E-state index in [-0.39, 0.29) is 18.3 Å². The molecule has 2 saturated heterocycles. The number of aromatic nitrogens is 4. The van der Waals surface area contributed by atoms with Crippen LogP contribution in [0.15, 0.2) is 12.7 Å². The molecule has 0 bridgehead atoms. The van der Waals surface area contributed by atoms with Gasteiger partial charge in [0.1, 0.15) is 24.6 Å². The number of anilines is 1. The van der Waals surface area contributed by atoms with Gasteiger partial charge in [-0.25, -0.2) is 15.0 Å². The summed E-state index contributed by atoms with van der Waals surface area (Å²) in [6.07, 6.45) is 13.0. The highest BCUT2D eigenvalue weighted by Gasteiger charge is 2.55. The van der Waals surface area contributed by atoms with Crippen molar-refractivity contribution in [1.82, 2.24) is 19.5 Å². The van der Waals surface area contributed by atoms with Crippen molar-refractivity contribution in [3.8, 4) is 12.3 Å². The SMILES string of the molecule is C#CC[C@H]1O[C@@H](n2cnc3c(NC4CCCC4)ncnc32)C2OC(C)(C)OC21. The summed E-state index contributed by atoms with van der Waals surface area (Å²) in [6.45, 7) is 3.82. The summed E-state index contributed by atoms with van der Waals surface area (Å²) in [5.41, 5.74) is 1.46. The van der Waals surface area contributed by atoms with E-state index in [0.29, 0.717) is 18.1 Å². The molecule has 1 N–H and O–H groups in total. The average molecular weight is 383 g/mol. The molecule has 3 fully saturated rings. The summed E-state index contributed by atoms with van der Waals surface area (Å²) in [7, 11) is 0. The van der Waals surface area contributed by atoms with E-state index in [0.717, 1.165) is 24.2 Å². The fourth-order valence-electron chi connectivity index (χ4n) is 4.57. The van der Waals surface area contributed by atoms with Gasteiger partial charge < -0.3 is 19.5 Å². The Hall–Kier alpha value is -2.21. The first-order valence-corrected chi connectivity index (χ1v) is 9.94. The molecule has 0 spiro atoms. The topological polar surface area (TPSA) is 83.3 Å². The predicted octanol–water partition coefficient (Wildman–Crippen LogP) is 2.62. The van der Waals surface area contributed by atoms with Gasteiger partial charge in [-0.1, -0.05) is 12.8 Å². The second kappa shape index (κ2) is 6.69. The lowest BCUT2D eigenvalue weighted by Gasteiger charge is -2.24. The van der Waals surface area contributed by atoms with Gasteiger partial charge in [-0.3, -0.25) is 4.57 Å². The lowest BCUT2D eigenvalue weighted by atomic mass is 10.1. The first kappa shape index (κ1) is 17.9. The molecule has 1 saturated carbocycles. The van der Waals surface area contributed by atoms with Crippen molar-refractivity contribution in [1.29, 1.82) is 0 Å². The van der Waals surface area contributed by atoms with Crippen LogP contribution in [0.3, 0.4) is 0 Å². The zero-order valence-corrected chi connectivity index (χ0v) is 16.2. The van der Waals surface area contributed by atoms with E-state index in [4.69, 9.17) is 20.6 Å². The highest BCUT2D eigenvalue weighted by atomic mass is 16.8. The standard InChI is InChI=1S/C20H25N5O3/c1-4-7-13-15-16(28-20(2,3)27-15)19(26-13)25-11-23-14-17(21-10-22-18(14)25)24-12-8-5-6-9-12/h1,10-13,15-16,19H,5-9H2,2-3H3,(H,21,22,24)/t13-,15?,16?,19-/m1/s1. The van der Waals surface area contributed by atoms with Gasteiger partial charge in [0.25, 0.3) is 0 Å². The quantitative estimate of drug-likeness (QED) is 0.813. The summed E-state index contributed by atoms with van der Waals surface area (Å²) in [5.74, 6) is 2.78. The van der Waals surface area contributed by atoms with Gasteiger partial charge in [-0.2, -0.15) is 0 Å². The average Bonchev–Trinajstić information content (AvgIpc) is 3.41. The van der Waals surface area contributed by atoms with Crippen molar-refractivity contribution >= 4 is 17.0 Å². The lowest BCUT2D eigenvalue weighted by molar-refractivity contribution is -0.195. The third-order valence-corrected chi connectivity index (χ3v) is 5.77. The van der Waals surface area contributed by atoms with Crippen LogP contribution < -0.4 is 5.32 Å². The first-order chi connectivity index (χ1) is 13.6. The van der Waals surface area contributed by atoms with Gasteiger partial charge >= 0.3 is 0 Å². The summed E-state index contributed by atoms with van der Waals surface area (Å²) < 4.78 is 20.4. The smallest absolute Gasteiger partial charge is 0.167 e. The van der Waals surface area contributed by atoms with Crippen molar-refractivity contribution in [2.45, 2.75) is 82.3 Å². The molecule has 8 heteroatoms. The molecule has 2 aliphatic heterocycles. The van der Waals surface area contributed by atoms with Crippen molar-refractivity contribution in [2.24, 2.45) is 0 Å². The van der Waals surface area contributed by atoms with Crippen molar-refractivity contribution in [2.75, 3.05) is 5.32 Å². The Bertz CT molecular complexity index is 914. The third kappa shape index (κ3) is 2.94. The Morgan fingerprint density at radius 1 is 1.21 bits per heavy atom. The zero-order valence-electron chi connectivity index (χ0n) is 16.2. The number of nitrogens with one attached hydrogen (secondary N) is 1. The van der Waals surface area contributed by atoms with Gasteiger partial charge in [0.15, 0.2) is 29.0 Å². The lowest BCUT2D eigenvalue weighted by Crippen LogP contribution is -2.29. The Morgan fingerprint density at radius 2 is 2.00 bits per heavy atom. The minimum absolute atomic E-state index is 0.216. The first-order valence-electron chi connectivity index (χ1n) is 9.94. The highest BCUT2D eigenvalue weighted by Crippen LogP contribution is 2.44. The molecule has 4 heterocycles. The number of fused-ring (bicyclic) bond motifs is 2. The Kier molecular flexibility index (Phi) is 4.27. The molecule has 148 valence electrons. The molecule has 1 aliphatic carbocycles. The largest absolute Gasteiger partial charge is 0.365 e. The van der Waals surface area contributed by atoms with Crippen LogP contribution in [0.2, 0.25) is 0 Å². The van der Waals surface area contributed by atoms with Crippen LogP contribution in [-0.4, -0.2) is 49.7 Å². The maximum atomic E-state index is 6.24. The van der Waals surface area contributed by atoms with Crippen molar-refractivity contribution in [3.63, 3.8) is 0 Å². The Labute approximate surface area is 164 Å². The summed E-state index contributed by atoms with van der Waals surface area (Å²) in [5, 5.41) is 3.53. The van der Waals surface area contributed by atoms with Crippen LogP contribution in [0.1, 0.15) is 52.2 Å². The summed E-state index contributed by atoms with van der Waals surface area (Å²) in [4.78, 5) is 13.5. The van der Waals surface area contributed by atoms with E-state index in [1.807, 2.05) is 18.4 Å². The van der Waals surface area contributed by atoms with Gasteiger partial charge in [-0.05, 0) is 26.7 Å². The summed E-state index contributed by atoms with van der Waals surface area (Å²) in [6, 6.07) is 0.447. The van der Waals surface area contributed by atoms with Gasteiger partial charge in [-0.15, -0.1) is 12.3 Å². The van der Waals surface area contributed by atoms with Crippen molar-refractivity contribution < 1.29 is 14.2 Å². The van der Waals surface area contributed by atoms with Gasteiger partial charge in [0.2, 0.25) is 0 Å². The molecular formula is C20H25N5O3. The van der Waals surface area contributed by atoms with E-state index in [2.05, 4.69) is 26.2 Å². The maximum Gasteiger partial charge on any atom is 0.167 e. The number of ether oxygens (including phenoxy) is 3. The summed E-state index contributed by atoms with van der Waals surface area (Å²) >= 11 is 0. The van der Waals surface area contributed by atoms with E-state index < -0.39 is 12.0 Å². The molecular weight excluding hydrogens is 358 g/mol. The van der Waals surface area contributed by atoms with Crippen LogP contribution in [-0.2, 0) is 14.2 Å². The Morgan fingerprint density at radius 3 is 2.79 bits per heavy atom. The predicted molar refractivity (Wildman–Crippen MR) is 102 cm³/mol. The molecule has 4 atom stereocenters. The van der Waals surface area contributed by atoms with Crippen LogP contribution in [0.25, 0.3) is 11.2 Å². The zero-order chi connectivity index (χ0) is 19.3. The van der Waals surface area contributed by atoms with Crippen molar-refractivity contribution in [3.05, 3.63) is 12.7 Å². The van der Waals surface area contributed by atoms with E-state index in [1.165, 1.54) is 12.8 Å². The number of terminal acetylenes is 1. The van der Waals surface area contributed by atoms with Gasteiger partial charge in [0.05, 0.1) is 6.33 Å². The van der Waals surface area contributed by atoms with Crippen LogP contribution in [0.4, 0.5) is 5.82 Å². The molecule has 2 aromatic rings. The molecule has 0 amide bonds. The fourth-order valence-corrected chi connectivity index (χ4v) is 4.57. The second-order valence-corrected chi connectivity index (χ2v) is 8.21. The molecule has 3 aliphatic rings. The van der Waals surface area contributed by atoms with Crippen LogP contribution >= 0.6 is 0 Å². The number of rotatable bonds is 4.